The van der Waals surface area contributed by atoms with Crippen molar-refractivity contribution in [3.8, 4) is 0 Å². The van der Waals surface area contributed by atoms with E-state index in [-0.39, 0.29) is 0 Å². The Labute approximate surface area is 176 Å². The number of nitrogens with zero attached hydrogens (tertiary/aromatic N) is 2. The molecule has 0 bridgehead atoms. The maximum Gasteiger partial charge on any atom is 0.0590 e. The molecule has 0 saturated heterocycles. The van der Waals surface area contributed by atoms with Gasteiger partial charge in [0.15, 0.2) is 0 Å². The predicted molar refractivity (Wildman–Crippen MR) is 128 cm³/mol. The molecular formula is C28H24N2. The molecule has 146 valence electrons. The zero-order chi connectivity index (χ0) is 20.4. The second kappa shape index (κ2) is 6.24. The summed E-state index contributed by atoms with van der Waals surface area (Å²) in [7, 11) is 2.19. The molecule has 0 atom stereocenters. The summed E-state index contributed by atoms with van der Waals surface area (Å²) in [6.07, 6.45) is 0. The molecule has 6 aromatic rings. The van der Waals surface area contributed by atoms with Crippen molar-refractivity contribution in [2.45, 2.75) is 20.4 Å². The van der Waals surface area contributed by atoms with E-state index < -0.39 is 0 Å². The Kier molecular flexibility index (Phi) is 3.61. The summed E-state index contributed by atoms with van der Waals surface area (Å²) >= 11 is 0. The Morgan fingerprint density at radius 2 is 1.30 bits per heavy atom. The fourth-order valence-electron chi connectivity index (χ4n) is 5.31. The Morgan fingerprint density at radius 3 is 2.07 bits per heavy atom. The van der Waals surface area contributed by atoms with Crippen LogP contribution in [0.1, 0.15) is 16.7 Å². The summed E-state index contributed by atoms with van der Waals surface area (Å²) in [5.74, 6) is 0. The summed E-state index contributed by atoms with van der Waals surface area (Å²) in [5, 5.41) is 5.33. The van der Waals surface area contributed by atoms with Crippen LogP contribution < -0.4 is 0 Å². The fourth-order valence-corrected chi connectivity index (χ4v) is 5.31. The van der Waals surface area contributed by atoms with E-state index in [0.717, 1.165) is 6.54 Å². The van der Waals surface area contributed by atoms with Gasteiger partial charge in [0.1, 0.15) is 0 Å². The molecule has 2 nitrogen and oxygen atoms in total. The van der Waals surface area contributed by atoms with E-state index in [1.165, 1.54) is 60.3 Å². The highest BCUT2D eigenvalue weighted by atomic mass is 15.0. The summed E-state index contributed by atoms with van der Waals surface area (Å²) in [6.45, 7) is 5.24. The van der Waals surface area contributed by atoms with Crippen LogP contribution >= 0.6 is 0 Å². The van der Waals surface area contributed by atoms with Gasteiger partial charge in [-0.25, -0.2) is 0 Å². The fraction of sp³-hybridized carbons (Fsp3) is 0.143. The van der Waals surface area contributed by atoms with Crippen molar-refractivity contribution in [3.05, 3.63) is 95.6 Å². The predicted octanol–water partition coefficient (Wildman–Crippen LogP) is 7.10. The van der Waals surface area contributed by atoms with Crippen molar-refractivity contribution in [2.24, 2.45) is 7.05 Å². The smallest absolute Gasteiger partial charge is 0.0590 e. The molecular weight excluding hydrogens is 364 g/mol. The van der Waals surface area contributed by atoms with E-state index in [1.54, 1.807) is 0 Å². The van der Waals surface area contributed by atoms with Crippen molar-refractivity contribution in [3.63, 3.8) is 0 Å². The molecule has 6 rings (SSSR count). The minimum absolute atomic E-state index is 0.877. The second-order valence-electron chi connectivity index (χ2n) is 8.53. The largest absolute Gasteiger partial charge is 0.343 e. The van der Waals surface area contributed by atoms with Crippen molar-refractivity contribution in [1.29, 1.82) is 0 Å². The lowest BCUT2D eigenvalue weighted by Crippen LogP contribution is -2.00. The van der Waals surface area contributed by atoms with Gasteiger partial charge in [-0.2, -0.15) is 0 Å². The Balaban J connectivity index is 1.74. The molecule has 30 heavy (non-hydrogen) atoms. The van der Waals surface area contributed by atoms with Gasteiger partial charge < -0.3 is 9.13 Å². The quantitative estimate of drug-likeness (QED) is 0.299. The van der Waals surface area contributed by atoms with Crippen LogP contribution in [0.5, 0.6) is 0 Å². The van der Waals surface area contributed by atoms with Gasteiger partial charge in [0.25, 0.3) is 0 Å². The number of fused-ring (bicyclic) bond motifs is 7. The third-order valence-electron chi connectivity index (χ3n) is 6.42. The van der Waals surface area contributed by atoms with Gasteiger partial charge in [0.2, 0.25) is 0 Å². The topological polar surface area (TPSA) is 9.86 Å². The van der Waals surface area contributed by atoms with Crippen LogP contribution in [0.3, 0.4) is 0 Å². The monoisotopic (exact) mass is 388 g/mol. The molecule has 2 aromatic heterocycles. The van der Waals surface area contributed by atoms with Gasteiger partial charge in [-0.05, 0) is 37.6 Å². The summed E-state index contributed by atoms with van der Waals surface area (Å²) in [4.78, 5) is 0. The van der Waals surface area contributed by atoms with E-state index in [4.69, 9.17) is 0 Å². The maximum absolute atomic E-state index is 2.48. The minimum atomic E-state index is 0.877. The van der Waals surface area contributed by atoms with Gasteiger partial charge in [0, 0.05) is 46.2 Å². The first-order valence-electron chi connectivity index (χ1n) is 10.6. The standard InChI is InChI=1S/C28H24N2/c1-18-14-19(2)16-20(15-18)17-30-25-11-7-5-9-23(25)27-26(30)13-12-22-21-8-4-6-10-24(21)29(3)28(22)27/h4-16H,17H2,1-3H3. The molecule has 0 aliphatic rings. The van der Waals surface area contributed by atoms with Crippen molar-refractivity contribution in [1.82, 2.24) is 9.13 Å². The van der Waals surface area contributed by atoms with Crippen LogP contribution in [-0.4, -0.2) is 9.13 Å². The van der Waals surface area contributed by atoms with Crippen LogP contribution in [-0.2, 0) is 13.6 Å². The molecule has 0 saturated carbocycles. The molecule has 2 heteroatoms. The molecule has 0 aliphatic heterocycles. The SMILES string of the molecule is Cc1cc(C)cc(Cn2c3ccccc3c3c4c(ccc32)c2ccccc2n4C)c1. The van der Waals surface area contributed by atoms with Crippen LogP contribution in [0.2, 0.25) is 0 Å². The highest BCUT2D eigenvalue weighted by molar-refractivity contribution is 6.25. The molecule has 4 aromatic carbocycles. The van der Waals surface area contributed by atoms with Crippen molar-refractivity contribution in [2.75, 3.05) is 0 Å². The van der Waals surface area contributed by atoms with Gasteiger partial charge in [-0.15, -0.1) is 0 Å². The van der Waals surface area contributed by atoms with Crippen LogP contribution in [0.15, 0.2) is 78.9 Å². The number of hydrogen-bond donors (Lipinski definition) is 0. The normalized spacial score (nSPS) is 12.0. The zero-order valence-corrected chi connectivity index (χ0v) is 17.6. The second-order valence-corrected chi connectivity index (χ2v) is 8.53. The van der Waals surface area contributed by atoms with Crippen molar-refractivity contribution < 1.29 is 0 Å². The van der Waals surface area contributed by atoms with Crippen LogP contribution in [0.4, 0.5) is 0 Å². The lowest BCUT2D eigenvalue weighted by molar-refractivity contribution is 0.866. The highest BCUT2D eigenvalue weighted by Crippen LogP contribution is 2.39. The zero-order valence-electron chi connectivity index (χ0n) is 17.6. The first kappa shape index (κ1) is 17.3. The van der Waals surface area contributed by atoms with Gasteiger partial charge in [0.05, 0.1) is 11.0 Å². The molecule has 0 radical (unpaired) electrons. The number of aromatic nitrogens is 2. The summed E-state index contributed by atoms with van der Waals surface area (Å²) < 4.78 is 4.84. The van der Waals surface area contributed by atoms with Gasteiger partial charge in [-0.1, -0.05) is 71.8 Å². The number of benzene rings is 4. The number of hydrogen-bond acceptors (Lipinski definition) is 0. The van der Waals surface area contributed by atoms with E-state index in [1.807, 2.05) is 0 Å². The van der Waals surface area contributed by atoms with Crippen molar-refractivity contribution >= 4 is 43.6 Å². The molecule has 0 spiro atoms. The Morgan fingerprint density at radius 1 is 0.633 bits per heavy atom. The maximum atomic E-state index is 2.48. The van der Waals surface area contributed by atoms with Crippen LogP contribution in [0.25, 0.3) is 43.6 Å². The van der Waals surface area contributed by atoms with Gasteiger partial charge >= 0.3 is 0 Å². The lowest BCUT2D eigenvalue weighted by atomic mass is 10.1. The third kappa shape index (κ3) is 2.37. The lowest BCUT2D eigenvalue weighted by Gasteiger charge is -2.10. The van der Waals surface area contributed by atoms with Crippen LogP contribution in [0, 0.1) is 13.8 Å². The molecule has 0 unspecified atom stereocenters. The molecule has 2 heterocycles. The number of rotatable bonds is 2. The number of aryl methyl sites for hydroxylation is 3. The Bertz CT molecular complexity index is 1570. The first-order chi connectivity index (χ1) is 14.6. The molecule has 0 fully saturated rings. The average molecular weight is 389 g/mol. The minimum Gasteiger partial charge on any atom is -0.343 e. The number of para-hydroxylation sites is 2. The first-order valence-corrected chi connectivity index (χ1v) is 10.6. The van der Waals surface area contributed by atoms with E-state index in [9.17, 15) is 0 Å². The molecule has 0 aliphatic carbocycles. The van der Waals surface area contributed by atoms with E-state index >= 15 is 0 Å². The summed E-state index contributed by atoms with van der Waals surface area (Å²) in [6, 6.07) is 29.0. The third-order valence-corrected chi connectivity index (χ3v) is 6.42. The van der Waals surface area contributed by atoms with Gasteiger partial charge in [-0.3, -0.25) is 0 Å². The summed E-state index contributed by atoms with van der Waals surface area (Å²) in [5.41, 5.74) is 9.20. The van der Waals surface area contributed by atoms with E-state index in [0.29, 0.717) is 0 Å². The molecule has 0 N–H and O–H groups in total. The highest BCUT2D eigenvalue weighted by Gasteiger charge is 2.17. The van der Waals surface area contributed by atoms with E-state index in [2.05, 4.69) is 109 Å². The molecule has 0 amide bonds. The Hall–Kier alpha value is -3.52. The average Bonchev–Trinajstić information content (AvgIpc) is 3.21.